The van der Waals surface area contributed by atoms with Crippen LogP contribution in [0.3, 0.4) is 0 Å². The molecule has 0 unspecified atom stereocenters. The van der Waals surface area contributed by atoms with Crippen molar-refractivity contribution in [3.8, 4) is 5.75 Å². The fourth-order valence-corrected chi connectivity index (χ4v) is 1.30. The average Bonchev–Trinajstić information content (AvgIpc) is 2.58. The number of aryl methyl sites for hydroxylation is 1. The Balaban J connectivity index is -0.0000000524. The molecule has 48 heavy (non-hydrogen) atoms. The summed E-state index contributed by atoms with van der Waals surface area (Å²) in [6.07, 6.45) is 2.34. The molecule has 1 aromatic carbocycles. The summed E-state index contributed by atoms with van der Waals surface area (Å²) < 4.78 is 243. The van der Waals surface area contributed by atoms with Gasteiger partial charge in [0, 0.05) is 0 Å². The van der Waals surface area contributed by atoms with Crippen LogP contribution in [0.4, 0.5) is 0 Å². The molecular formula is C9H10BaCl7KO29Ti. The van der Waals surface area contributed by atoms with E-state index >= 15 is 0 Å². The van der Waals surface area contributed by atoms with Crippen molar-refractivity contribution in [1.82, 2.24) is 0 Å². The number of para-hydroxylation sites is 1. The van der Waals surface area contributed by atoms with Crippen molar-refractivity contribution in [1.29, 1.82) is 0 Å². The molecule has 0 bridgehead atoms. The third-order valence-electron chi connectivity index (χ3n) is 1.82. The summed E-state index contributed by atoms with van der Waals surface area (Å²) in [5.74, 6) is 1.08. The number of ether oxygens (including phenoxy) is 1. The minimum Gasteiger partial charge on any atom is -0.493 e. The molecule has 1 aliphatic heterocycles. The fourth-order valence-electron chi connectivity index (χ4n) is 1.30. The van der Waals surface area contributed by atoms with Crippen molar-refractivity contribution in [3.05, 3.63) is 29.8 Å². The molecule has 1 heterocycles. The predicted octanol–water partition coefficient (Wildman–Crippen LogP) is -34.7. The van der Waals surface area contributed by atoms with E-state index in [0.717, 1.165) is 18.8 Å². The van der Waals surface area contributed by atoms with E-state index in [2.05, 4.69) is 12.1 Å². The third kappa shape index (κ3) is 249. The van der Waals surface area contributed by atoms with Gasteiger partial charge in [0.05, 0.1) is 6.61 Å². The third-order valence-corrected chi connectivity index (χ3v) is 1.82. The minimum absolute atomic E-state index is 0. The van der Waals surface area contributed by atoms with Gasteiger partial charge in [0.2, 0.25) is 0 Å². The Hall–Kier alpha value is 3.85. The maximum Gasteiger partial charge on any atom is 4.00 e. The molecule has 39 heteroatoms. The van der Waals surface area contributed by atoms with E-state index in [4.69, 9.17) is 135 Å². The maximum atomic E-state index is 8.49. The Bertz CT molecular complexity index is 636. The molecule has 0 aliphatic carbocycles. The SMILES string of the molecule is [Ba+2].[K+].[O-][Cl+3]([O-])([O-])[O-].[O-][Cl+3]([O-])([O-])[O-].[O-][Cl+3]([O-])([O-])[O-].[O-][Cl+3]([O-])([O-])[O-].[O-][Cl+3]([O-])([O-])[O-].[O-][Cl+3]([O-])([O-])[O-].[O-][Cl+3]([O-])([O-])[O-].[Ti+4].c1ccc2c(c1)CCCO2. The Labute approximate surface area is 378 Å². The number of fused-ring (bicyclic) bond motifs is 1. The number of benzene rings is 1. The Kier molecular flexibility index (Phi) is 53.7. The molecule has 0 saturated heterocycles. The number of hydrogen-bond donors (Lipinski definition) is 0. The molecule has 0 fully saturated rings. The van der Waals surface area contributed by atoms with Gasteiger partial charge < -0.3 is 4.74 Å². The summed E-state index contributed by atoms with van der Waals surface area (Å²) in [5, 5.41) is 0. The van der Waals surface area contributed by atoms with Gasteiger partial charge in [-0.1, -0.05) is 18.2 Å². The van der Waals surface area contributed by atoms with Crippen LogP contribution < -0.4 is 187 Å². The zero-order chi connectivity index (χ0) is 38.3. The number of hydrogen-bond acceptors (Lipinski definition) is 29. The summed E-state index contributed by atoms with van der Waals surface area (Å²) in [6, 6.07) is 8.25. The zero-order valence-corrected chi connectivity index (χ0v) is 36.5. The molecule has 2 rings (SSSR count). The van der Waals surface area contributed by atoms with Crippen molar-refractivity contribution in [2.75, 3.05) is 6.61 Å². The van der Waals surface area contributed by atoms with Gasteiger partial charge in [-0.2, -0.15) is 0 Å². The summed E-state index contributed by atoms with van der Waals surface area (Å²) in [5.41, 5.74) is 1.36. The molecule has 276 valence electrons. The van der Waals surface area contributed by atoms with E-state index in [1.807, 2.05) is 12.1 Å². The van der Waals surface area contributed by atoms with Crippen LogP contribution in [0.25, 0.3) is 0 Å². The molecule has 0 N–H and O–H groups in total. The largest absolute Gasteiger partial charge is 4.00 e. The molecule has 29 nitrogen and oxygen atoms in total. The topological polar surface area (TPSA) is 655 Å². The normalized spacial score (nSPS) is 12.0. The second kappa shape index (κ2) is 35.3. The van der Waals surface area contributed by atoms with Gasteiger partial charge >= 0.3 is 122 Å². The van der Waals surface area contributed by atoms with Crippen molar-refractivity contribution in [3.63, 3.8) is 0 Å². The monoisotopic (exact) mass is 1050 g/mol. The van der Waals surface area contributed by atoms with Crippen molar-refractivity contribution in [2.45, 2.75) is 12.8 Å². The van der Waals surface area contributed by atoms with Crippen LogP contribution in [0.15, 0.2) is 24.3 Å². The molecule has 1 aliphatic rings. The first-order valence-electron chi connectivity index (χ1n) is 7.99. The quantitative estimate of drug-likeness (QED) is 0.218. The van der Waals surface area contributed by atoms with Gasteiger partial charge in [-0.05, 0) is 24.5 Å². The summed E-state index contributed by atoms with van der Waals surface area (Å²) in [4.78, 5) is 0. The van der Waals surface area contributed by atoms with E-state index < -0.39 is 71.7 Å². The smallest absolute Gasteiger partial charge is 0.493 e. The van der Waals surface area contributed by atoms with E-state index in [1.165, 1.54) is 12.0 Å². The van der Waals surface area contributed by atoms with Crippen LogP contribution in [-0.2, 0) is 28.1 Å². The molecule has 0 atom stereocenters. The van der Waals surface area contributed by atoms with Crippen LogP contribution in [0.1, 0.15) is 12.0 Å². The molecular weight excluding hydrogens is 1040 g/mol. The van der Waals surface area contributed by atoms with Crippen molar-refractivity contribution in [2.24, 2.45) is 0 Å². The van der Waals surface area contributed by atoms with Crippen molar-refractivity contribution < 1.29 is 280 Å². The van der Waals surface area contributed by atoms with E-state index in [1.54, 1.807) is 0 Å². The van der Waals surface area contributed by atoms with Gasteiger partial charge in [-0.25, -0.2) is 130 Å². The molecule has 0 spiro atoms. The van der Waals surface area contributed by atoms with Crippen molar-refractivity contribution >= 4 is 48.9 Å². The van der Waals surface area contributed by atoms with Gasteiger partial charge in [0.15, 0.2) is 0 Å². The van der Waals surface area contributed by atoms with Gasteiger partial charge in [-0.15, -0.1) is 71.7 Å². The van der Waals surface area contributed by atoms with Crippen LogP contribution in [0, 0.1) is 71.7 Å². The molecule has 1 aromatic rings. The van der Waals surface area contributed by atoms with Gasteiger partial charge in [0.1, 0.15) is 5.75 Å². The number of rotatable bonds is 0. The molecule has 0 amide bonds. The van der Waals surface area contributed by atoms with Crippen LogP contribution in [0.5, 0.6) is 5.75 Å². The van der Waals surface area contributed by atoms with E-state index in [9.17, 15) is 0 Å². The summed E-state index contributed by atoms with van der Waals surface area (Å²) >= 11 is 0. The van der Waals surface area contributed by atoms with Crippen LogP contribution in [0.2, 0.25) is 0 Å². The second-order valence-electron chi connectivity index (χ2n) is 5.21. The summed E-state index contributed by atoms with van der Waals surface area (Å²) in [6.45, 7) is 0.886. The first kappa shape index (κ1) is 73.0. The molecule has 0 saturated carbocycles. The Morgan fingerprint density at radius 1 is 0.396 bits per heavy atom. The Morgan fingerprint density at radius 3 is 0.771 bits per heavy atom. The first-order chi connectivity index (χ1) is 19.0. The van der Waals surface area contributed by atoms with Gasteiger partial charge in [-0.3, -0.25) is 0 Å². The Morgan fingerprint density at radius 2 is 0.583 bits per heavy atom. The standard InChI is InChI=1S/C9H10O.Ba.7ClHO4.K.Ti/c1-2-6-9-8(4-1)5-3-7-10-9;;7*2-1(3,4)5;;/h1-2,4,6H,3,5,7H2;;7*(H,2,3,4,5);;/q;+2;;;;;;;;+1;+4/p-7. The van der Waals surface area contributed by atoms with Crippen LogP contribution in [-0.4, -0.2) is 55.5 Å². The predicted molar refractivity (Wildman–Crippen MR) is 46.0 cm³/mol. The van der Waals surface area contributed by atoms with E-state index in [0.29, 0.717) is 0 Å². The second-order valence-corrected chi connectivity index (χ2v) is 10.5. The molecule has 0 aromatic heterocycles. The first-order valence-corrected chi connectivity index (χ1v) is 16.6. The fraction of sp³-hybridized carbons (Fsp3) is 0.333. The number of halogens is 7. The van der Waals surface area contributed by atoms with E-state index in [-0.39, 0.29) is 122 Å². The average molecular weight is 1050 g/mol. The zero-order valence-electron chi connectivity index (χ0n) is 22.1. The minimum atomic E-state index is -4.94. The molecule has 0 radical (unpaired) electrons. The van der Waals surface area contributed by atoms with Gasteiger partial charge in [0.25, 0.3) is 0 Å². The van der Waals surface area contributed by atoms with Crippen LogP contribution >= 0.6 is 0 Å². The summed E-state index contributed by atoms with van der Waals surface area (Å²) in [7, 11) is -34.6. The maximum absolute atomic E-state index is 8.49.